The van der Waals surface area contributed by atoms with E-state index in [0.717, 1.165) is 41.7 Å². The molecule has 0 bridgehead atoms. The van der Waals surface area contributed by atoms with E-state index in [1.54, 1.807) is 18.5 Å². The molecule has 2 aromatic rings. The zero-order chi connectivity index (χ0) is 18.7. The van der Waals surface area contributed by atoms with Crippen LogP contribution in [-0.4, -0.2) is 15.7 Å². The molecule has 0 atom stereocenters. The summed E-state index contributed by atoms with van der Waals surface area (Å²) in [7, 11) is 0. The second kappa shape index (κ2) is 7.46. The summed E-state index contributed by atoms with van der Waals surface area (Å²) in [4.78, 5) is 8.41. The second-order valence-corrected chi connectivity index (χ2v) is 7.89. The van der Waals surface area contributed by atoms with Crippen LogP contribution in [0.1, 0.15) is 44.2 Å². The van der Waals surface area contributed by atoms with E-state index in [4.69, 9.17) is 22.7 Å². The Balaban J connectivity index is 1.80. The van der Waals surface area contributed by atoms with Crippen molar-refractivity contribution in [2.75, 3.05) is 5.32 Å². The minimum atomic E-state index is 0.195. The normalized spacial score (nSPS) is 16.4. The number of pyridine rings is 2. The highest BCUT2D eigenvalue weighted by molar-refractivity contribution is 6.30. The number of allylic oxidation sites excluding steroid dienone is 2. The molecule has 0 aliphatic heterocycles. The van der Waals surface area contributed by atoms with Gasteiger partial charge < -0.3 is 11.1 Å². The molecule has 6 heteroatoms. The summed E-state index contributed by atoms with van der Waals surface area (Å²) in [5.74, 6) is 0.636. The Morgan fingerprint density at radius 3 is 2.88 bits per heavy atom. The first kappa shape index (κ1) is 18.4. The predicted molar refractivity (Wildman–Crippen MR) is 106 cm³/mol. The van der Waals surface area contributed by atoms with Crippen LogP contribution in [0.3, 0.4) is 0 Å². The van der Waals surface area contributed by atoms with Crippen molar-refractivity contribution >= 4 is 23.1 Å². The summed E-state index contributed by atoms with van der Waals surface area (Å²) < 4.78 is 0. The molecule has 0 unspecified atom stereocenters. The van der Waals surface area contributed by atoms with Crippen LogP contribution in [0.4, 0.5) is 5.82 Å². The van der Waals surface area contributed by atoms with Gasteiger partial charge in [0.05, 0.1) is 5.71 Å². The maximum Gasteiger partial charge on any atom is 0.132 e. The zero-order valence-corrected chi connectivity index (χ0v) is 15.9. The Bertz CT molecular complexity index is 843. The van der Waals surface area contributed by atoms with Gasteiger partial charge in [0.1, 0.15) is 11.0 Å². The maximum absolute atomic E-state index is 8.61. The first-order valence-corrected chi connectivity index (χ1v) is 9.09. The van der Waals surface area contributed by atoms with Crippen LogP contribution in [0.25, 0.3) is 0 Å². The van der Waals surface area contributed by atoms with E-state index in [0.29, 0.717) is 23.2 Å². The monoisotopic (exact) mass is 369 g/mol. The molecule has 0 radical (unpaired) electrons. The lowest BCUT2D eigenvalue weighted by atomic mass is 9.75. The predicted octanol–water partition coefficient (Wildman–Crippen LogP) is 4.53. The van der Waals surface area contributed by atoms with Gasteiger partial charge in [-0.2, -0.15) is 0 Å². The van der Waals surface area contributed by atoms with Gasteiger partial charge >= 0.3 is 0 Å². The summed E-state index contributed by atoms with van der Waals surface area (Å²) in [6, 6.07) is 7.45. The van der Waals surface area contributed by atoms with Crippen LogP contribution < -0.4 is 11.1 Å². The molecule has 2 heterocycles. The van der Waals surface area contributed by atoms with Crippen molar-refractivity contribution in [2.45, 2.75) is 39.7 Å². The molecule has 0 spiro atoms. The molecule has 0 amide bonds. The van der Waals surface area contributed by atoms with Crippen molar-refractivity contribution in [1.29, 1.82) is 5.41 Å². The average Bonchev–Trinajstić information content (AvgIpc) is 2.59. The Labute approximate surface area is 159 Å². The minimum absolute atomic E-state index is 0.195. The average molecular weight is 370 g/mol. The highest BCUT2D eigenvalue weighted by atomic mass is 35.5. The molecule has 1 aliphatic rings. The van der Waals surface area contributed by atoms with Crippen molar-refractivity contribution in [3.8, 4) is 0 Å². The van der Waals surface area contributed by atoms with E-state index < -0.39 is 0 Å². The molecule has 136 valence electrons. The van der Waals surface area contributed by atoms with Crippen molar-refractivity contribution in [3.63, 3.8) is 0 Å². The van der Waals surface area contributed by atoms with Gasteiger partial charge in [0, 0.05) is 30.2 Å². The number of rotatable bonds is 5. The summed E-state index contributed by atoms with van der Waals surface area (Å²) >= 11 is 6.19. The molecule has 1 aliphatic carbocycles. The van der Waals surface area contributed by atoms with E-state index >= 15 is 0 Å². The molecule has 26 heavy (non-hydrogen) atoms. The van der Waals surface area contributed by atoms with Crippen LogP contribution in [0, 0.1) is 10.8 Å². The number of nitrogens with zero attached hydrogens (tertiary/aromatic N) is 2. The molecule has 4 N–H and O–H groups in total. The molecule has 5 nitrogen and oxygen atoms in total. The van der Waals surface area contributed by atoms with Gasteiger partial charge in [0.15, 0.2) is 0 Å². The highest BCUT2D eigenvalue weighted by Crippen LogP contribution is 2.37. The first-order valence-electron chi connectivity index (χ1n) is 8.71. The van der Waals surface area contributed by atoms with E-state index in [-0.39, 0.29) is 5.41 Å². The van der Waals surface area contributed by atoms with E-state index in [2.05, 4.69) is 29.1 Å². The van der Waals surface area contributed by atoms with Crippen molar-refractivity contribution in [1.82, 2.24) is 9.97 Å². The third-order valence-electron chi connectivity index (χ3n) is 4.69. The third-order valence-corrected chi connectivity index (χ3v) is 4.88. The van der Waals surface area contributed by atoms with E-state index in [9.17, 15) is 0 Å². The van der Waals surface area contributed by atoms with Gasteiger partial charge in [-0.1, -0.05) is 31.5 Å². The Hall–Kier alpha value is -2.40. The number of anilines is 1. The minimum Gasteiger partial charge on any atom is -0.402 e. The van der Waals surface area contributed by atoms with Crippen LogP contribution in [0.2, 0.25) is 5.15 Å². The molecular formula is C20H24ClN5. The lowest BCUT2D eigenvalue weighted by Gasteiger charge is -2.31. The summed E-state index contributed by atoms with van der Waals surface area (Å²) in [5, 5.41) is 12.2. The van der Waals surface area contributed by atoms with Gasteiger partial charge in [0.25, 0.3) is 0 Å². The third kappa shape index (κ3) is 4.41. The number of nitrogens with two attached hydrogens (primary N) is 1. The molecule has 0 saturated carbocycles. The SMILES string of the molecule is CC1(C)CCC(C(=N)c2cc(Cl)nc(NCc3cccnc3)c2)=C(N)C1. The largest absolute Gasteiger partial charge is 0.402 e. The van der Waals surface area contributed by atoms with Crippen LogP contribution in [0.5, 0.6) is 0 Å². The number of hydrogen-bond acceptors (Lipinski definition) is 5. The Morgan fingerprint density at radius 1 is 1.38 bits per heavy atom. The van der Waals surface area contributed by atoms with E-state index in [1.165, 1.54) is 0 Å². The van der Waals surface area contributed by atoms with Gasteiger partial charge in [-0.15, -0.1) is 0 Å². The highest BCUT2D eigenvalue weighted by Gasteiger charge is 2.27. The smallest absolute Gasteiger partial charge is 0.132 e. The van der Waals surface area contributed by atoms with Crippen molar-refractivity contribution in [2.24, 2.45) is 11.1 Å². The topological polar surface area (TPSA) is 87.7 Å². The lowest BCUT2D eigenvalue weighted by molar-refractivity contribution is 0.315. The fourth-order valence-electron chi connectivity index (χ4n) is 3.22. The standard InChI is InChI=1S/C20H24ClN5/c1-20(2)6-5-15(16(22)10-20)19(23)14-8-17(21)26-18(9-14)25-12-13-4-3-7-24-11-13/h3-4,7-9,11,23H,5-6,10,12,22H2,1-2H3,(H,25,26). The molecule has 0 fully saturated rings. The molecule has 0 saturated heterocycles. The van der Waals surface area contributed by atoms with Crippen LogP contribution >= 0.6 is 11.6 Å². The van der Waals surface area contributed by atoms with E-state index in [1.807, 2.05) is 18.2 Å². The molecule has 0 aromatic carbocycles. The number of hydrogen-bond donors (Lipinski definition) is 3. The molecule has 3 rings (SSSR count). The van der Waals surface area contributed by atoms with Gasteiger partial charge in [-0.3, -0.25) is 10.4 Å². The fourth-order valence-corrected chi connectivity index (χ4v) is 3.43. The number of aromatic nitrogens is 2. The Kier molecular flexibility index (Phi) is 5.28. The molecular weight excluding hydrogens is 346 g/mol. The zero-order valence-electron chi connectivity index (χ0n) is 15.1. The van der Waals surface area contributed by atoms with Crippen LogP contribution in [0.15, 0.2) is 47.9 Å². The summed E-state index contributed by atoms with van der Waals surface area (Å²) in [6.07, 6.45) is 6.20. The second-order valence-electron chi connectivity index (χ2n) is 7.50. The van der Waals surface area contributed by atoms with Gasteiger partial charge in [-0.25, -0.2) is 4.98 Å². The number of halogens is 1. The first-order chi connectivity index (χ1) is 12.3. The fraction of sp³-hybridized carbons (Fsp3) is 0.350. The van der Waals surface area contributed by atoms with Gasteiger partial charge in [0.2, 0.25) is 0 Å². The number of nitrogens with one attached hydrogen (secondary N) is 2. The Morgan fingerprint density at radius 2 is 2.19 bits per heavy atom. The maximum atomic E-state index is 8.61. The van der Waals surface area contributed by atoms with Crippen LogP contribution in [-0.2, 0) is 6.54 Å². The van der Waals surface area contributed by atoms with Crippen molar-refractivity contribution < 1.29 is 0 Å². The summed E-state index contributed by atoms with van der Waals surface area (Å²) in [6.45, 7) is 5.01. The quantitative estimate of drug-likeness (QED) is 0.533. The lowest BCUT2D eigenvalue weighted by Crippen LogP contribution is -2.25. The molecule has 2 aromatic heterocycles. The summed E-state index contributed by atoms with van der Waals surface area (Å²) in [5.41, 5.74) is 10.4. The van der Waals surface area contributed by atoms with Crippen molar-refractivity contribution in [3.05, 3.63) is 64.2 Å². The van der Waals surface area contributed by atoms with Gasteiger partial charge in [-0.05, 0) is 54.0 Å².